The molecule has 1 fully saturated rings. The molecule has 0 spiro atoms. The van der Waals surface area contributed by atoms with Crippen LogP contribution in [0.4, 0.5) is 13.2 Å². The summed E-state index contributed by atoms with van der Waals surface area (Å²) in [6.45, 7) is 2.81. The maximum absolute atomic E-state index is 12.3. The van der Waals surface area contributed by atoms with E-state index in [0.717, 1.165) is 19.4 Å². The molecule has 1 saturated carbocycles. The first-order chi connectivity index (χ1) is 9.48. The molecule has 0 bridgehead atoms. The molecule has 2 rings (SSSR count). The molecule has 0 radical (unpaired) electrons. The summed E-state index contributed by atoms with van der Waals surface area (Å²) in [6.07, 6.45) is -1.79. The summed E-state index contributed by atoms with van der Waals surface area (Å²) in [5.74, 6) is 0. The summed E-state index contributed by atoms with van der Waals surface area (Å²) in [6, 6.07) is 10.3. The van der Waals surface area contributed by atoms with Gasteiger partial charge in [0.15, 0.2) is 0 Å². The summed E-state index contributed by atoms with van der Waals surface area (Å²) in [4.78, 5) is 0. The number of hydrogen-bond donors (Lipinski definition) is 1. The number of rotatable bonds is 7. The summed E-state index contributed by atoms with van der Waals surface area (Å²) in [5.41, 5.74) is 1.32. The Morgan fingerprint density at radius 2 is 1.85 bits per heavy atom. The SMILES string of the molecule is CCNC(CCCC(F)(F)F)C1(c2ccccc2)CC1. The van der Waals surface area contributed by atoms with Gasteiger partial charge in [-0.05, 0) is 37.8 Å². The number of benzene rings is 1. The molecule has 1 atom stereocenters. The molecule has 1 unspecified atom stereocenters. The Morgan fingerprint density at radius 1 is 1.20 bits per heavy atom. The zero-order valence-corrected chi connectivity index (χ0v) is 11.8. The van der Waals surface area contributed by atoms with Gasteiger partial charge in [0.05, 0.1) is 0 Å². The van der Waals surface area contributed by atoms with Crippen molar-refractivity contribution in [2.75, 3.05) is 6.54 Å². The first-order valence-corrected chi connectivity index (χ1v) is 7.33. The molecule has 0 aromatic heterocycles. The Bertz CT molecular complexity index is 409. The molecule has 1 aromatic rings. The van der Waals surface area contributed by atoms with Crippen LogP contribution in [0, 0.1) is 0 Å². The number of alkyl halides is 3. The molecule has 1 nitrogen and oxygen atoms in total. The van der Waals surface area contributed by atoms with Crippen molar-refractivity contribution in [1.29, 1.82) is 0 Å². The highest BCUT2D eigenvalue weighted by Crippen LogP contribution is 2.52. The molecule has 1 N–H and O–H groups in total. The van der Waals surface area contributed by atoms with Gasteiger partial charge in [0, 0.05) is 17.9 Å². The van der Waals surface area contributed by atoms with Gasteiger partial charge in [0.1, 0.15) is 0 Å². The number of hydrogen-bond acceptors (Lipinski definition) is 1. The number of halogens is 3. The van der Waals surface area contributed by atoms with Gasteiger partial charge in [-0.25, -0.2) is 0 Å². The van der Waals surface area contributed by atoms with E-state index in [0.29, 0.717) is 6.42 Å². The molecule has 1 aromatic carbocycles. The van der Waals surface area contributed by atoms with E-state index in [9.17, 15) is 13.2 Å². The Kier molecular flexibility index (Phi) is 4.74. The molecule has 112 valence electrons. The average Bonchev–Trinajstić information content (AvgIpc) is 3.19. The predicted octanol–water partition coefficient (Wildman–Crippen LogP) is 4.43. The summed E-state index contributed by atoms with van der Waals surface area (Å²) in [7, 11) is 0. The quantitative estimate of drug-likeness (QED) is 0.781. The Balaban J connectivity index is 2.01. The molecule has 20 heavy (non-hydrogen) atoms. The van der Waals surface area contributed by atoms with Crippen LogP contribution in [-0.2, 0) is 5.41 Å². The van der Waals surface area contributed by atoms with Gasteiger partial charge in [0.25, 0.3) is 0 Å². The molecule has 1 aliphatic carbocycles. The fourth-order valence-electron chi connectivity index (χ4n) is 3.07. The molecule has 0 aliphatic heterocycles. The van der Waals surface area contributed by atoms with E-state index >= 15 is 0 Å². The van der Waals surface area contributed by atoms with Gasteiger partial charge < -0.3 is 5.32 Å². The zero-order chi connectivity index (χ0) is 14.6. The monoisotopic (exact) mass is 285 g/mol. The molecule has 1 aliphatic rings. The van der Waals surface area contributed by atoms with Crippen molar-refractivity contribution in [3.63, 3.8) is 0 Å². The first-order valence-electron chi connectivity index (χ1n) is 7.33. The second-order valence-corrected chi connectivity index (χ2v) is 5.64. The van der Waals surface area contributed by atoms with Crippen LogP contribution in [0.3, 0.4) is 0 Å². The number of nitrogens with one attached hydrogen (secondary N) is 1. The largest absolute Gasteiger partial charge is 0.389 e. The van der Waals surface area contributed by atoms with E-state index in [2.05, 4.69) is 17.4 Å². The van der Waals surface area contributed by atoms with Crippen molar-refractivity contribution >= 4 is 0 Å². The topological polar surface area (TPSA) is 12.0 Å². The van der Waals surface area contributed by atoms with Gasteiger partial charge in [0.2, 0.25) is 0 Å². The van der Waals surface area contributed by atoms with Crippen molar-refractivity contribution in [2.45, 2.75) is 56.7 Å². The highest BCUT2D eigenvalue weighted by atomic mass is 19.4. The van der Waals surface area contributed by atoms with Crippen LogP contribution in [0.15, 0.2) is 30.3 Å². The lowest BCUT2D eigenvalue weighted by molar-refractivity contribution is -0.135. The van der Waals surface area contributed by atoms with Gasteiger partial charge in [-0.3, -0.25) is 0 Å². The van der Waals surface area contributed by atoms with Crippen LogP contribution in [0.25, 0.3) is 0 Å². The van der Waals surface area contributed by atoms with Crippen LogP contribution in [0.5, 0.6) is 0 Å². The van der Waals surface area contributed by atoms with Gasteiger partial charge in [-0.1, -0.05) is 37.3 Å². The van der Waals surface area contributed by atoms with E-state index < -0.39 is 12.6 Å². The van der Waals surface area contributed by atoms with Gasteiger partial charge >= 0.3 is 6.18 Å². The van der Waals surface area contributed by atoms with Crippen LogP contribution in [0.1, 0.15) is 44.6 Å². The van der Waals surface area contributed by atoms with E-state index in [1.165, 1.54) is 5.56 Å². The third kappa shape index (κ3) is 3.75. The number of likely N-dealkylation sites (N-methyl/N-ethyl adjacent to an activating group) is 1. The maximum atomic E-state index is 12.3. The van der Waals surface area contributed by atoms with E-state index in [1.54, 1.807) is 0 Å². The van der Waals surface area contributed by atoms with Crippen molar-refractivity contribution < 1.29 is 13.2 Å². The van der Waals surface area contributed by atoms with Crippen LogP contribution in [0.2, 0.25) is 0 Å². The van der Waals surface area contributed by atoms with Crippen molar-refractivity contribution in [1.82, 2.24) is 5.32 Å². The van der Waals surface area contributed by atoms with E-state index in [1.807, 2.05) is 25.1 Å². The van der Waals surface area contributed by atoms with E-state index in [4.69, 9.17) is 0 Å². The fraction of sp³-hybridized carbons (Fsp3) is 0.625. The summed E-state index contributed by atoms with van der Waals surface area (Å²) in [5, 5.41) is 3.40. The second-order valence-electron chi connectivity index (χ2n) is 5.64. The lowest BCUT2D eigenvalue weighted by Gasteiger charge is -2.28. The van der Waals surface area contributed by atoms with Crippen LogP contribution < -0.4 is 5.32 Å². The smallest absolute Gasteiger partial charge is 0.313 e. The molecule has 0 heterocycles. The zero-order valence-electron chi connectivity index (χ0n) is 11.8. The van der Waals surface area contributed by atoms with Crippen molar-refractivity contribution in [3.8, 4) is 0 Å². The van der Waals surface area contributed by atoms with Crippen LogP contribution in [-0.4, -0.2) is 18.8 Å². The minimum Gasteiger partial charge on any atom is -0.313 e. The minimum atomic E-state index is -4.04. The average molecular weight is 285 g/mol. The standard InChI is InChI=1S/C16H22F3N/c1-2-20-14(9-6-10-16(17,18)19)15(11-12-15)13-7-4-3-5-8-13/h3-5,7-8,14,20H,2,6,9-12H2,1H3. The molecular formula is C16H22F3N. The summed E-state index contributed by atoms with van der Waals surface area (Å²) >= 11 is 0. The molecule has 0 amide bonds. The highest BCUT2D eigenvalue weighted by Gasteiger charge is 2.50. The first kappa shape index (κ1) is 15.4. The van der Waals surface area contributed by atoms with Crippen molar-refractivity contribution in [2.24, 2.45) is 0 Å². The maximum Gasteiger partial charge on any atom is 0.389 e. The van der Waals surface area contributed by atoms with Gasteiger partial charge in [-0.15, -0.1) is 0 Å². The van der Waals surface area contributed by atoms with E-state index in [-0.39, 0.29) is 17.9 Å². The van der Waals surface area contributed by atoms with Crippen molar-refractivity contribution in [3.05, 3.63) is 35.9 Å². The second kappa shape index (κ2) is 6.17. The third-order valence-electron chi connectivity index (χ3n) is 4.21. The fourth-order valence-corrected chi connectivity index (χ4v) is 3.07. The predicted molar refractivity (Wildman–Crippen MR) is 74.7 cm³/mol. The minimum absolute atomic E-state index is 0.0584. The van der Waals surface area contributed by atoms with Gasteiger partial charge in [-0.2, -0.15) is 13.2 Å². The lowest BCUT2D eigenvalue weighted by Crippen LogP contribution is -2.40. The Morgan fingerprint density at radius 3 is 2.35 bits per heavy atom. The lowest BCUT2D eigenvalue weighted by atomic mass is 9.85. The summed E-state index contributed by atoms with van der Waals surface area (Å²) < 4.78 is 36.9. The molecular weight excluding hydrogens is 263 g/mol. The third-order valence-corrected chi connectivity index (χ3v) is 4.21. The van der Waals surface area contributed by atoms with Crippen LogP contribution >= 0.6 is 0 Å². The highest BCUT2D eigenvalue weighted by molar-refractivity contribution is 5.33. The Hall–Kier alpha value is -1.03. The normalized spacial score (nSPS) is 18.8. The molecule has 4 heteroatoms. The Labute approximate surface area is 118 Å². The molecule has 0 saturated heterocycles.